The molecule has 0 bridgehead atoms. The number of nitrogens with two attached hydrogens (primary N) is 1. The van der Waals surface area contributed by atoms with E-state index in [1.807, 2.05) is 0 Å². The van der Waals surface area contributed by atoms with Gasteiger partial charge in [-0.2, -0.15) is 8.78 Å². The minimum Gasteiger partial charge on any atom is -0.328 e. The maximum Gasteiger partial charge on any atom is 0.345 e. The van der Waals surface area contributed by atoms with E-state index in [1.165, 1.54) is 0 Å². The lowest BCUT2D eigenvalue weighted by atomic mass is 9.94. The van der Waals surface area contributed by atoms with Crippen molar-refractivity contribution in [2.45, 2.75) is 44.4 Å². The largest absolute Gasteiger partial charge is 0.345 e. The summed E-state index contributed by atoms with van der Waals surface area (Å²) in [4.78, 5) is 0. The van der Waals surface area contributed by atoms with Crippen LogP contribution in [-0.2, 0) is 4.74 Å². The fourth-order valence-corrected chi connectivity index (χ4v) is 1.37. The van der Waals surface area contributed by atoms with Crippen molar-refractivity contribution in [2.24, 2.45) is 5.73 Å². The van der Waals surface area contributed by atoms with Crippen molar-refractivity contribution in [1.29, 1.82) is 0 Å². The van der Waals surface area contributed by atoms with Gasteiger partial charge in [-0.05, 0) is 25.7 Å². The van der Waals surface area contributed by atoms with Gasteiger partial charge in [0, 0.05) is 6.04 Å². The zero-order valence-corrected chi connectivity index (χ0v) is 6.30. The van der Waals surface area contributed by atoms with Gasteiger partial charge in [-0.1, -0.05) is 0 Å². The molecule has 11 heavy (non-hydrogen) atoms. The van der Waals surface area contributed by atoms with Crippen LogP contribution in [0.3, 0.4) is 0 Å². The van der Waals surface area contributed by atoms with E-state index in [0.717, 1.165) is 12.8 Å². The number of ether oxygens (including phenoxy) is 1. The Hall–Kier alpha value is -0.220. The van der Waals surface area contributed by atoms with Gasteiger partial charge in [0.15, 0.2) is 0 Å². The van der Waals surface area contributed by atoms with Gasteiger partial charge in [0.1, 0.15) is 0 Å². The van der Waals surface area contributed by atoms with Crippen molar-refractivity contribution in [1.82, 2.24) is 0 Å². The third kappa shape index (κ3) is 3.12. The molecule has 0 amide bonds. The number of halogens is 2. The lowest BCUT2D eigenvalue weighted by molar-refractivity contribution is -0.169. The molecule has 1 rings (SSSR count). The van der Waals surface area contributed by atoms with Crippen LogP contribution in [0.1, 0.15) is 25.7 Å². The van der Waals surface area contributed by atoms with Gasteiger partial charge in [0.25, 0.3) is 0 Å². The summed E-state index contributed by atoms with van der Waals surface area (Å²) in [5.41, 5.74) is 5.58. The van der Waals surface area contributed by atoms with Crippen molar-refractivity contribution < 1.29 is 13.5 Å². The molecule has 1 fully saturated rings. The summed E-state index contributed by atoms with van der Waals surface area (Å²) >= 11 is 0. The van der Waals surface area contributed by atoms with Crippen LogP contribution in [0.4, 0.5) is 8.78 Å². The van der Waals surface area contributed by atoms with E-state index >= 15 is 0 Å². The Kier molecular flexibility index (Phi) is 3.20. The molecule has 1 aliphatic rings. The summed E-state index contributed by atoms with van der Waals surface area (Å²) in [6.07, 6.45) is 2.68. The van der Waals surface area contributed by atoms with Gasteiger partial charge in [0.05, 0.1) is 6.10 Å². The lowest BCUT2D eigenvalue weighted by Gasteiger charge is -2.25. The van der Waals surface area contributed by atoms with Crippen molar-refractivity contribution in [3.63, 3.8) is 0 Å². The molecular formula is C7H13F2NO. The zero-order valence-electron chi connectivity index (χ0n) is 6.30. The van der Waals surface area contributed by atoms with E-state index < -0.39 is 6.61 Å². The number of rotatable bonds is 2. The van der Waals surface area contributed by atoms with Gasteiger partial charge in [-0.15, -0.1) is 0 Å². The van der Waals surface area contributed by atoms with E-state index in [4.69, 9.17) is 5.73 Å². The fraction of sp³-hybridized carbons (Fsp3) is 1.00. The summed E-state index contributed by atoms with van der Waals surface area (Å²) in [5.74, 6) is 0. The van der Waals surface area contributed by atoms with Crippen LogP contribution >= 0.6 is 0 Å². The van der Waals surface area contributed by atoms with Crippen LogP contribution in [0.5, 0.6) is 0 Å². The van der Waals surface area contributed by atoms with E-state index in [9.17, 15) is 8.78 Å². The SMILES string of the molecule is N[C@H]1CC[C@H](OC(F)F)CC1. The highest BCUT2D eigenvalue weighted by molar-refractivity contribution is 4.74. The molecule has 0 aliphatic heterocycles. The highest BCUT2D eigenvalue weighted by atomic mass is 19.3. The zero-order chi connectivity index (χ0) is 8.27. The standard InChI is InChI=1S/C7H13F2NO/c8-7(9)11-6-3-1-5(10)2-4-6/h5-7H,1-4,10H2/t5-,6-. The molecule has 0 aromatic heterocycles. The number of alkyl halides is 2. The predicted octanol–water partition coefficient (Wildman–Crippen LogP) is 1.50. The van der Waals surface area contributed by atoms with Gasteiger partial charge < -0.3 is 10.5 Å². The quantitative estimate of drug-likeness (QED) is 0.672. The molecule has 2 N–H and O–H groups in total. The molecule has 0 aromatic carbocycles. The molecule has 0 atom stereocenters. The van der Waals surface area contributed by atoms with Gasteiger partial charge in [-0.25, -0.2) is 0 Å². The second kappa shape index (κ2) is 3.97. The lowest BCUT2D eigenvalue weighted by Crippen LogP contribution is -2.31. The molecule has 1 aliphatic carbocycles. The Bertz CT molecular complexity index is 113. The summed E-state index contributed by atoms with van der Waals surface area (Å²) in [5, 5.41) is 0. The molecule has 0 heterocycles. The van der Waals surface area contributed by atoms with E-state index in [1.54, 1.807) is 0 Å². The summed E-state index contributed by atoms with van der Waals surface area (Å²) in [6.45, 7) is -2.63. The first-order chi connectivity index (χ1) is 5.18. The molecule has 0 radical (unpaired) electrons. The van der Waals surface area contributed by atoms with Gasteiger partial charge >= 0.3 is 6.61 Å². The van der Waals surface area contributed by atoms with Crippen molar-refractivity contribution in [2.75, 3.05) is 0 Å². The van der Waals surface area contributed by atoms with Crippen LogP contribution in [0.15, 0.2) is 0 Å². The third-order valence-electron chi connectivity index (χ3n) is 2.01. The van der Waals surface area contributed by atoms with Crippen LogP contribution < -0.4 is 5.73 Å². The first-order valence-electron chi connectivity index (χ1n) is 3.87. The Labute approximate surface area is 64.7 Å². The van der Waals surface area contributed by atoms with E-state index in [2.05, 4.69) is 4.74 Å². The smallest absolute Gasteiger partial charge is 0.328 e. The topological polar surface area (TPSA) is 35.2 Å². The van der Waals surface area contributed by atoms with Crippen LogP contribution in [0.2, 0.25) is 0 Å². The van der Waals surface area contributed by atoms with Crippen molar-refractivity contribution >= 4 is 0 Å². The average molecular weight is 165 g/mol. The van der Waals surface area contributed by atoms with Gasteiger partial charge in [-0.3, -0.25) is 0 Å². The Morgan fingerprint density at radius 2 is 1.73 bits per heavy atom. The Balaban J connectivity index is 2.17. The number of hydrogen-bond donors (Lipinski definition) is 1. The third-order valence-corrected chi connectivity index (χ3v) is 2.01. The summed E-state index contributed by atoms with van der Waals surface area (Å²) in [6, 6.07) is 0.188. The monoisotopic (exact) mass is 165 g/mol. The average Bonchev–Trinajstić information content (AvgIpc) is 1.93. The molecule has 4 heteroatoms. The van der Waals surface area contributed by atoms with E-state index in [0.29, 0.717) is 12.8 Å². The highest BCUT2D eigenvalue weighted by Crippen LogP contribution is 2.21. The minimum atomic E-state index is -2.63. The second-order valence-electron chi connectivity index (χ2n) is 2.93. The molecule has 0 unspecified atom stereocenters. The van der Waals surface area contributed by atoms with Crippen molar-refractivity contribution in [3.05, 3.63) is 0 Å². The first kappa shape index (κ1) is 8.87. The normalized spacial score (nSPS) is 32.7. The number of hydrogen-bond acceptors (Lipinski definition) is 2. The summed E-state index contributed by atoms with van der Waals surface area (Å²) < 4.78 is 27.7. The first-order valence-corrected chi connectivity index (χ1v) is 3.87. The molecule has 66 valence electrons. The van der Waals surface area contributed by atoms with Crippen LogP contribution in [0.25, 0.3) is 0 Å². The molecule has 0 aromatic rings. The molecule has 0 saturated heterocycles. The van der Waals surface area contributed by atoms with Crippen LogP contribution in [0, 0.1) is 0 Å². The van der Waals surface area contributed by atoms with Crippen molar-refractivity contribution in [3.8, 4) is 0 Å². The maximum absolute atomic E-state index is 11.7. The Morgan fingerprint density at radius 3 is 2.18 bits per heavy atom. The minimum absolute atomic E-state index is 0.188. The Morgan fingerprint density at radius 1 is 1.18 bits per heavy atom. The fourth-order valence-electron chi connectivity index (χ4n) is 1.37. The molecule has 1 saturated carbocycles. The molecule has 2 nitrogen and oxygen atoms in total. The highest BCUT2D eigenvalue weighted by Gasteiger charge is 2.21. The second-order valence-corrected chi connectivity index (χ2v) is 2.93. The van der Waals surface area contributed by atoms with E-state index in [-0.39, 0.29) is 12.1 Å². The van der Waals surface area contributed by atoms with Gasteiger partial charge in [0.2, 0.25) is 0 Å². The maximum atomic E-state index is 11.7. The predicted molar refractivity (Wildman–Crippen MR) is 37.3 cm³/mol. The molecule has 0 spiro atoms. The van der Waals surface area contributed by atoms with Crippen LogP contribution in [-0.4, -0.2) is 18.8 Å². The molecular weight excluding hydrogens is 152 g/mol. The summed E-state index contributed by atoms with van der Waals surface area (Å²) in [7, 11) is 0.